The SMILES string of the molecule is CCCC(C)Nc1ccc(Cl)c(C(N)=O)c1. The summed E-state index contributed by atoms with van der Waals surface area (Å²) < 4.78 is 0. The van der Waals surface area contributed by atoms with E-state index in [1.54, 1.807) is 12.1 Å². The minimum atomic E-state index is -0.503. The zero-order valence-electron chi connectivity index (χ0n) is 9.59. The molecule has 0 aliphatic rings. The molecule has 0 saturated heterocycles. The van der Waals surface area contributed by atoms with Crippen LogP contribution in [0.25, 0.3) is 0 Å². The van der Waals surface area contributed by atoms with Crippen LogP contribution < -0.4 is 11.1 Å². The summed E-state index contributed by atoms with van der Waals surface area (Å²) in [6, 6.07) is 5.59. The molecular weight excluding hydrogens is 224 g/mol. The Balaban J connectivity index is 2.82. The highest BCUT2D eigenvalue weighted by Gasteiger charge is 2.08. The third-order valence-electron chi connectivity index (χ3n) is 2.37. The van der Waals surface area contributed by atoms with Gasteiger partial charge in [0.05, 0.1) is 10.6 Å². The fourth-order valence-corrected chi connectivity index (χ4v) is 1.80. The number of anilines is 1. The van der Waals surface area contributed by atoms with Gasteiger partial charge in [-0.3, -0.25) is 4.79 Å². The van der Waals surface area contributed by atoms with Crippen molar-refractivity contribution in [2.75, 3.05) is 5.32 Å². The molecule has 88 valence electrons. The Kier molecular flexibility index (Phi) is 4.62. The molecule has 4 heteroatoms. The fraction of sp³-hybridized carbons (Fsp3) is 0.417. The maximum Gasteiger partial charge on any atom is 0.250 e. The van der Waals surface area contributed by atoms with Crippen LogP contribution >= 0.6 is 11.6 Å². The molecule has 0 radical (unpaired) electrons. The standard InChI is InChI=1S/C12H17ClN2O/c1-3-4-8(2)15-9-5-6-11(13)10(7-9)12(14)16/h5-8,15H,3-4H2,1-2H3,(H2,14,16). The van der Waals surface area contributed by atoms with Gasteiger partial charge in [-0.25, -0.2) is 0 Å². The van der Waals surface area contributed by atoms with Crippen LogP contribution in [0.2, 0.25) is 5.02 Å². The summed E-state index contributed by atoms with van der Waals surface area (Å²) in [6.07, 6.45) is 2.19. The number of carbonyl (C=O) groups is 1. The van der Waals surface area contributed by atoms with Crippen molar-refractivity contribution in [2.24, 2.45) is 5.73 Å². The van der Waals surface area contributed by atoms with Gasteiger partial charge < -0.3 is 11.1 Å². The molecule has 1 aromatic carbocycles. The first-order valence-electron chi connectivity index (χ1n) is 5.40. The molecule has 3 N–H and O–H groups in total. The molecule has 0 fully saturated rings. The summed E-state index contributed by atoms with van der Waals surface area (Å²) in [5.41, 5.74) is 6.45. The Bertz CT molecular complexity index is 379. The average molecular weight is 241 g/mol. The van der Waals surface area contributed by atoms with Crippen molar-refractivity contribution in [3.63, 3.8) is 0 Å². The van der Waals surface area contributed by atoms with Gasteiger partial charge in [0.25, 0.3) is 0 Å². The van der Waals surface area contributed by atoms with Crippen molar-refractivity contribution < 1.29 is 4.79 Å². The maximum atomic E-state index is 11.1. The van der Waals surface area contributed by atoms with E-state index in [0.717, 1.165) is 18.5 Å². The Morgan fingerprint density at radius 1 is 1.56 bits per heavy atom. The summed E-state index contributed by atoms with van der Waals surface area (Å²) in [4.78, 5) is 11.1. The third-order valence-corrected chi connectivity index (χ3v) is 2.70. The summed E-state index contributed by atoms with van der Waals surface area (Å²) >= 11 is 5.86. The number of halogens is 1. The maximum absolute atomic E-state index is 11.1. The molecule has 1 unspecified atom stereocenters. The van der Waals surface area contributed by atoms with Crippen molar-refractivity contribution in [1.29, 1.82) is 0 Å². The zero-order chi connectivity index (χ0) is 12.1. The molecule has 3 nitrogen and oxygen atoms in total. The van der Waals surface area contributed by atoms with Gasteiger partial charge in [-0.05, 0) is 31.5 Å². The molecule has 0 aliphatic carbocycles. The van der Waals surface area contributed by atoms with Crippen molar-refractivity contribution >= 4 is 23.2 Å². The van der Waals surface area contributed by atoms with Crippen LogP contribution in [0.1, 0.15) is 37.0 Å². The van der Waals surface area contributed by atoms with E-state index >= 15 is 0 Å². The molecule has 0 aromatic heterocycles. The van der Waals surface area contributed by atoms with Crippen molar-refractivity contribution in [3.8, 4) is 0 Å². The smallest absolute Gasteiger partial charge is 0.250 e. The van der Waals surface area contributed by atoms with Crippen LogP contribution in [-0.4, -0.2) is 11.9 Å². The van der Waals surface area contributed by atoms with Crippen LogP contribution in [-0.2, 0) is 0 Å². The number of carbonyl (C=O) groups excluding carboxylic acids is 1. The highest BCUT2D eigenvalue weighted by Crippen LogP contribution is 2.21. The second-order valence-electron chi connectivity index (χ2n) is 3.89. The van der Waals surface area contributed by atoms with Crippen LogP contribution in [0, 0.1) is 0 Å². The Morgan fingerprint density at radius 3 is 2.81 bits per heavy atom. The van der Waals surface area contributed by atoms with E-state index in [2.05, 4.69) is 19.2 Å². The van der Waals surface area contributed by atoms with Crippen LogP contribution in [0.5, 0.6) is 0 Å². The van der Waals surface area contributed by atoms with E-state index in [4.69, 9.17) is 17.3 Å². The second-order valence-corrected chi connectivity index (χ2v) is 4.30. The molecule has 0 heterocycles. The van der Waals surface area contributed by atoms with E-state index in [9.17, 15) is 4.79 Å². The van der Waals surface area contributed by atoms with E-state index in [1.165, 1.54) is 0 Å². The predicted molar refractivity (Wildman–Crippen MR) is 68.0 cm³/mol. The molecule has 0 spiro atoms. The molecule has 16 heavy (non-hydrogen) atoms. The lowest BCUT2D eigenvalue weighted by Crippen LogP contribution is -2.16. The van der Waals surface area contributed by atoms with Gasteiger partial charge in [-0.2, -0.15) is 0 Å². The first-order valence-corrected chi connectivity index (χ1v) is 5.78. The van der Waals surface area contributed by atoms with Crippen LogP contribution in [0.15, 0.2) is 18.2 Å². The first-order chi connectivity index (χ1) is 7.54. The van der Waals surface area contributed by atoms with Gasteiger partial charge in [-0.15, -0.1) is 0 Å². The van der Waals surface area contributed by atoms with Gasteiger partial charge >= 0.3 is 0 Å². The van der Waals surface area contributed by atoms with Crippen molar-refractivity contribution in [2.45, 2.75) is 32.7 Å². The predicted octanol–water partition coefficient (Wildman–Crippen LogP) is 3.04. The minimum Gasteiger partial charge on any atom is -0.383 e. The lowest BCUT2D eigenvalue weighted by atomic mass is 10.1. The van der Waals surface area contributed by atoms with Gasteiger partial charge in [0, 0.05) is 11.7 Å². The van der Waals surface area contributed by atoms with Gasteiger partial charge in [0.1, 0.15) is 0 Å². The molecule has 1 rings (SSSR count). The summed E-state index contributed by atoms with van der Waals surface area (Å²) in [7, 11) is 0. The lowest BCUT2D eigenvalue weighted by Gasteiger charge is -2.15. The van der Waals surface area contributed by atoms with Gasteiger partial charge in [-0.1, -0.05) is 24.9 Å². The van der Waals surface area contributed by atoms with E-state index < -0.39 is 5.91 Å². The molecule has 0 aliphatic heterocycles. The third kappa shape index (κ3) is 3.42. The quantitative estimate of drug-likeness (QED) is 0.831. The first kappa shape index (κ1) is 12.8. The van der Waals surface area contributed by atoms with Crippen molar-refractivity contribution in [3.05, 3.63) is 28.8 Å². The summed E-state index contributed by atoms with van der Waals surface area (Å²) in [6.45, 7) is 4.23. The summed E-state index contributed by atoms with van der Waals surface area (Å²) in [5.74, 6) is -0.503. The number of rotatable bonds is 5. The lowest BCUT2D eigenvalue weighted by molar-refractivity contribution is 0.100. The average Bonchev–Trinajstić information content (AvgIpc) is 2.21. The Hall–Kier alpha value is -1.22. The van der Waals surface area contributed by atoms with Gasteiger partial charge in [0.15, 0.2) is 0 Å². The topological polar surface area (TPSA) is 55.1 Å². The second kappa shape index (κ2) is 5.75. The van der Waals surface area contributed by atoms with Crippen molar-refractivity contribution in [1.82, 2.24) is 0 Å². The minimum absolute atomic E-state index is 0.357. The molecular formula is C12H17ClN2O. The number of nitrogens with two attached hydrogens (primary N) is 1. The van der Waals surface area contributed by atoms with Gasteiger partial charge in [0.2, 0.25) is 5.91 Å². The fourth-order valence-electron chi connectivity index (χ4n) is 1.59. The molecule has 0 saturated carbocycles. The number of nitrogens with one attached hydrogen (secondary N) is 1. The zero-order valence-corrected chi connectivity index (χ0v) is 10.3. The number of amides is 1. The van der Waals surface area contributed by atoms with Crippen LogP contribution in [0.4, 0.5) is 5.69 Å². The number of primary amides is 1. The normalized spacial score (nSPS) is 12.2. The highest BCUT2D eigenvalue weighted by atomic mass is 35.5. The summed E-state index contributed by atoms with van der Waals surface area (Å²) in [5, 5.41) is 3.69. The highest BCUT2D eigenvalue weighted by molar-refractivity contribution is 6.33. The largest absolute Gasteiger partial charge is 0.383 e. The monoisotopic (exact) mass is 240 g/mol. The molecule has 1 atom stereocenters. The number of hydrogen-bond acceptors (Lipinski definition) is 2. The molecule has 1 aromatic rings. The number of benzene rings is 1. The van der Waals surface area contributed by atoms with E-state index in [0.29, 0.717) is 16.6 Å². The Morgan fingerprint density at radius 2 is 2.25 bits per heavy atom. The molecule has 0 bridgehead atoms. The Labute approximate surface area is 101 Å². The van der Waals surface area contributed by atoms with E-state index in [1.807, 2.05) is 6.07 Å². The molecule has 1 amide bonds. The number of hydrogen-bond donors (Lipinski definition) is 2. The van der Waals surface area contributed by atoms with E-state index in [-0.39, 0.29) is 0 Å². The van der Waals surface area contributed by atoms with Crippen LogP contribution in [0.3, 0.4) is 0 Å².